The lowest BCUT2D eigenvalue weighted by Crippen LogP contribution is -2.13. The normalized spacial score (nSPS) is 11.0. The van der Waals surface area contributed by atoms with E-state index in [4.69, 9.17) is 11.6 Å². The largest absolute Gasteiger partial charge is 0.376 e. The summed E-state index contributed by atoms with van der Waals surface area (Å²) >= 11 is 6.03. The van der Waals surface area contributed by atoms with Crippen molar-refractivity contribution in [1.29, 1.82) is 0 Å². The highest BCUT2D eigenvalue weighted by molar-refractivity contribution is 6.17. The molecular formula is C16H15ClFN3. The van der Waals surface area contributed by atoms with Gasteiger partial charge in [-0.3, -0.25) is 4.57 Å². The molecule has 0 radical (unpaired) electrons. The predicted octanol–water partition coefficient (Wildman–Crippen LogP) is 3.97. The first-order chi connectivity index (χ1) is 10.1. The van der Waals surface area contributed by atoms with Crippen molar-refractivity contribution in [3.05, 3.63) is 54.1 Å². The number of benzene rings is 2. The third-order valence-electron chi connectivity index (χ3n) is 3.41. The molecule has 1 heterocycles. The fraction of sp³-hybridized carbons (Fsp3) is 0.188. The molecule has 21 heavy (non-hydrogen) atoms. The van der Waals surface area contributed by atoms with Crippen LogP contribution in [-0.4, -0.2) is 23.6 Å². The van der Waals surface area contributed by atoms with Gasteiger partial charge in [-0.2, -0.15) is 0 Å². The van der Waals surface area contributed by atoms with E-state index in [1.807, 2.05) is 47.8 Å². The Morgan fingerprint density at radius 3 is 2.67 bits per heavy atom. The zero-order chi connectivity index (χ0) is 15.0. The fourth-order valence-electron chi connectivity index (χ4n) is 2.49. The molecule has 0 saturated heterocycles. The van der Waals surface area contributed by atoms with Crippen LogP contribution in [0.1, 0.15) is 5.82 Å². The van der Waals surface area contributed by atoms with Gasteiger partial charge in [0.05, 0.1) is 28.3 Å². The Kier molecular flexibility index (Phi) is 3.55. The summed E-state index contributed by atoms with van der Waals surface area (Å²) in [5, 5.41) is 0. The average molecular weight is 304 g/mol. The molecule has 3 aromatic rings. The molecule has 0 N–H and O–H groups in total. The van der Waals surface area contributed by atoms with Gasteiger partial charge in [-0.1, -0.05) is 12.1 Å². The summed E-state index contributed by atoms with van der Waals surface area (Å²) in [7, 11) is 3.94. The van der Waals surface area contributed by atoms with Crippen LogP contribution in [0.4, 0.5) is 10.1 Å². The van der Waals surface area contributed by atoms with E-state index in [1.165, 1.54) is 12.1 Å². The van der Waals surface area contributed by atoms with Crippen LogP contribution in [0.2, 0.25) is 0 Å². The fourth-order valence-corrected chi connectivity index (χ4v) is 2.67. The van der Waals surface area contributed by atoms with Gasteiger partial charge in [-0.05, 0) is 24.3 Å². The highest BCUT2D eigenvalue weighted by atomic mass is 35.5. The number of nitrogens with zero attached hydrogens (tertiary/aromatic N) is 3. The minimum Gasteiger partial charge on any atom is -0.376 e. The molecule has 3 nitrogen and oxygen atoms in total. The highest BCUT2D eigenvalue weighted by Crippen LogP contribution is 2.29. The van der Waals surface area contributed by atoms with Crippen LogP contribution in [0.5, 0.6) is 0 Å². The van der Waals surface area contributed by atoms with Crippen molar-refractivity contribution in [2.75, 3.05) is 19.0 Å². The average Bonchev–Trinajstić information content (AvgIpc) is 2.84. The first kappa shape index (κ1) is 13.9. The van der Waals surface area contributed by atoms with Gasteiger partial charge < -0.3 is 4.90 Å². The van der Waals surface area contributed by atoms with Gasteiger partial charge in [0.1, 0.15) is 11.6 Å². The standard InChI is InChI=1S/C16H15ClFN3/c1-20(2)13-5-3-4-6-14(13)21-15-9-11(18)7-8-12(15)19-16(21)10-17/h3-9H,10H2,1-2H3. The van der Waals surface area contributed by atoms with Crippen LogP contribution in [0, 0.1) is 5.82 Å². The molecule has 0 amide bonds. The number of anilines is 1. The Balaban J connectivity index is 2.36. The Hall–Kier alpha value is -2.07. The van der Waals surface area contributed by atoms with Crippen molar-refractivity contribution in [1.82, 2.24) is 9.55 Å². The second kappa shape index (κ2) is 5.37. The smallest absolute Gasteiger partial charge is 0.129 e. The second-order valence-corrected chi connectivity index (χ2v) is 5.28. The number of imidazole rings is 1. The lowest BCUT2D eigenvalue weighted by atomic mass is 10.2. The summed E-state index contributed by atoms with van der Waals surface area (Å²) in [5.41, 5.74) is 3.42. The van der Waals surface area contributed by atoms with Crippen LogP contribution in [-0.2, 0) is 5.88 Å². The van der Waals surface area contributed by atoms with Crippen LogP contribution in [0.3, 0.4) is 0 Å². The molecule has 1 aromatic heterocycles. The zero-order valence-corrected chi connectivity index (χ0v) is 12.6. The second-order valence-electron chi connectivity index (χ2n) is 5.01. The Labute approximate surface area is 127 Å². The quantitative estimate of drug-likeness (QED) is 0.683. The first-order valence-electron chi connectivity index (χ1n) is 6.61. The third kappa shape index (κ3) is 2.36. The van der Waals surface area contributed by atoms with Gasteiger partial charge in [-0.15, -0.1) is 11.6 Å². The molecule has 5 heteroatoms. The van der Waals surface area contributed by atoms with Crippen molar-refractivity contribution < 1.29 is 4.39 Å². The van der Waals surface area contributed by atoms with E-state index in [0.29, 0.717) is 5.82 Å². The van der Waals surface area contributed by atoms with Gasteiger partial charge in [0.15, 0.2) is 0 Å². The van der Waals surface area contributed by atoms with Crippen LogP contribution in [0.25, 0.3) is 16.7 Å². The molecule has 108 valence electrons. The highest BCUT2D eigenvalue weighted by Gasteiger charge is 2.15. The van der Waals surface area contributed by atoms with Gasteiger partial charge >= 0.3 is 0 Å². The van der Waals surface area contributed by atoms with Crippen molar-refractivity contribution in [3.8, 4) is 5.69 Å². The molecular weight excluding hydrogens is 289 g/mol. The number of hydrogen-bond donors (Lipinski definition) is 0. The summed E-state index contributed by atoms with van der Waals surface area (Å²) in [6.45, 7) is 0. The molecule has 0 fully saturated rings. The van der Waals surface area contributed by atoms with Crippen molar-refractivity contribution >= 4 is 28.3 Å². The lowest BCUT2D eigenvalue weighted by Gasteiger charge is -2.19. The molecule has 0 aliphatic rings. The number of rotatable bonds is 3. The van der Waals surface area contributed by atoms with E-state index in [9.17, 15) is 4.39 Å². The topological polar surface area (TPSA) is 21.1 Å². The number of para-hydroxylation sites is 2. The van der Waals surface area contributed by atoms with Crippen LogP contribution in [0.15, 0.2) is 42.5 Å². The molecule has 0 atom stereocenters. The molecule has 0 unspecified atom stereocenters. The molecule has 2 aromatic carbocycles. The maximum absolute atomic E-state index is 13.6. The minimum atomic E-state index is -0.285. The zero-order valence-electron chi connectivity index (χ0n) is 11.8. The maximum atomic E-state index is 13.6. The van der Waals surface area contributed by atoms with E-state index in [2.05, 4.69) is 4.98 Å². The van der Waals surface area contributed by atoms with E-state index in [0.717, 1.165) is 22.4 Å². The van der Waals surface area contributed by atoms with Crippen LogP contribution >= 0.6 is 11.6 Å². The Morgan fingerprint density at radius 1 is 1.19 bits per heavy atom. The summed E-state index contributed by atoms with van der Waals surface area (Å²) in [4.78, 5) is 6.51. The SMILES string of the molecule is CN(C)c1ccccc1-n1c(CCl)nc2ccc(F)cc21. The number of alkyl halides is 1. The molecule has 0 aliphatic carbocycles. The summed E-state index contributed by atoms with van der Waals surface area (Å²) < 4.78 is 15.5. The van der Waals surface area contributed by atoms with Gasteiger partial charge in [0.25, 0.3) is 0 Å². The summed E-state index contributed by atoms with van der Waals surface area (Å²) in [6, 6.07) is 12.5. The van der Waals surface area contributed by atoms with Crippen molar-refractivity contribution in [2.24, 2.45) is 0 Å². The van der Waals surface area contributed by atoms with Crippen molar-refractivity contribution in [3.63, 3.8) is 0 Å². The number of hydrogen-bond acceptors (Lipinski definition) is 2. The minimum absolute atomic E-state index is 0.262. The summed E-state index contributed by atoms with van der Waals surface area (Å²) in [6.07, 6.45) is 0. The van der Waals surface area contributed by atoms with E-state index >= 15 is 0 Å². The number of aromatic nitrogens is 2. The predicted molar refractivity (Wildman–Crippen MR) is 84.9 cm³/mol. The maximum Gasteiger partial charge on any atom is 0.129 e. The third-order valence-corrected chi connectivity index (χ3v) is 3.65. The van der Waals surface area contributed by atoms with Gasteiger partial charge in [-0.25, -0.2) is 9.37 Å². The Morgan fingerprint density at radius 2 is 1.95 bits per heavy atom. The van der Waals surface area contributed by atoms with E-state index < -0.39 is 0 Å². The van der Waals surface area contributed by atoms with Crippen molar-refractivity contribution in [2.45, 2.75) is 5.88 Å². The monoisotopic (exact) mass is 303 g/mol. The van der Waals surface area contributed by atoms with E-state index in [-0.39, 0.29) is 11.7 Å². The molecule has 0 saturated carbocycles. The lowest BCUT2D eigenvalue weighted by molar-refractivity contribution is 0.629. The number of fused-ring (bicyclic) bond motifs is 1. The summed E-state index contributed by atoms with van der Waals surface area (Å²) in [5.74, 6) is 0.677. The van der Waals surface area contributed by atoms with Gasteiger partial charge in [0.2, 0.25) is 0 Å². The van der Waals surface area contributed by atoms with E-state index in [1.54, 1.807) is 6.07 Å². The first-order valence-corrected chi connectivity index (χ1v) is 7.15. The molecule has 0 spiro atoms. The van der Waals surface area contributed by atoms with Gasteiger partial charge in [0, 0.05) is 20.2 Å². The Bertz CT molecular complexity index is 795. The molecule has 3 rings (SSSR count). The van der Waals surface area contributed by atoms with Crippen LogP contribution < -0.4 is 4.90 Å². The molecule has 0 aliphatic heterocycles. The number of halogens is 2. The molecule has 0 bridgehead atoms.